The van der Waals surface area contributed by atoms with Crippen molar-refractivity contribution >= 4 is 5.97 Å². The molecule has 0 N–H and O–H groups in total. The van der Waals surface area contributed by atoms with Gasteiger partial charge in [-0.25, -0.2) is 4.79 Å². The van der Waals surface area contributed by atoms with E-state index in [1.165, 1.54) is 44.1 Å². The molecule has 0 aliphatic rings. The molecule has 0 aliphatic heterocycles. The van der Waals surface area contributed by atoms with Crippen LogP contribution >= 0.6 is 0 Å². The van der Waals surface area contributed by atoms with E-state index in [4.69, 9.17) is 37.9 Å². The number of aryl methyl sites for hydroxylation is 1. The molecule has 1 aromatic rings. The van der Waals surface area contributed by atoms with E-state index >= 15 is 0 Å². The molecule has 9 heteroatoms. The molecule has 238 valence electrons. The Hall–Kier alpha value is -1.75. The molecule has 41 heavy (non-hydrogen) atoms. The number of esters is 1. The van der Waals surface area contributed by atoms with Gasteiger partial charge in [0.1, 0.15) is 24.6 Å². The van der Waals surface area contributed by atoms with Gasteiger partial charge in [-0.3, -0.25) is 0 Å². The first-order valence-electron chi connectivity index (χ1n) is 15.3. The first-order valence-corrected chi connectivity index (χ1v) is 15.3. The smallest absolute Gasteiger partial charge is 0.332 e. The molecular formula is C32H56O9. The molecule has 1 rings (SSSR count). The van der Waals surface area contributed by atoms with Crippen LogP contribution in [0, 0.1) is 0 Å². The monoisotopic (exact) mass is 584 g/mol. The predicted octanol–water partition coefficient (Wildman–Crippen LogP) is 5.41. The SMILES string of the molecule is CCCCCCCCc1ccc(OCCOCCOCCOCCOCCOCCOCC(=O)OC(C)(C)C)cc1. The fourth-order valence-electron chi connectivity index (χ4n) is 3.71. The van der Waals surface area contributed by atoms with Crippen LogP contribution in [-0.4, -0.2) is 97.5 Å². The maximum absolute atomic E-state index is 11.5. The first-order chi connectivity index (χ1) is 19.9. The number of carbonyl (C=O) groups excluding carboxylic acids is 1. The normalized spacial score (nSPS) is 11.6. The van der Waals surface area contributed by atoms with Crippen LogP contribution in [0.2, 0.25) is 0 Å². The van der Waals surface area contributed by atoms with Gasteiger partial charge in [-0.2, -0.15) is 0 Å². The third-order valence-corrected chi connectivity index (χ3v) is 5.74. The minimum absolute atomic E-state index is 0.0744. The Morgan fingerprint density at radius 3 is 1.51 bits per heavy atom. The van der Waals surface area contributed by atoms with E-state index in [0.717, 1.165) is 12.2 Å². The van der Waals surface area contributed by atoms with Gasteiger partial charge in [0.15, 0.2) is 0 Å². The van der Waals surface area contributed by atoms with Crippen molar-refractivity contribution in [1.82, 2.24) is 0 Å². The molecule has 0 saturated heterocycles. The number of ether oxygens (including phenoxy) is 8. The van der Waals surface area contributed by atoms with Crippen molar-refractivity contribution in [2.24, 2.45) is 0 Å². The molecule has 0 aromatic heterocycles. The Labute approximate surface area is 248 Å². The van der Waals surface area contributed by atoms with Crippen molar-refractivity contribution in [3.8, 4) is 5.75 Å². The molecule has 0 aliphatic carbocycles. The van der Waals surface area contributed by atoms with Crippen LogP contribution in [0.4, 0.5) is 0 Å². The molecule has 0 spiro atoms. The second-order valence-electron chi connectivity index (χ2n) is 10.7. The third kappa shape index (κ3) is 25.7. The van der Waals surface area contributed by atoms with Gasteiger partial charge >= 0.3 is 5.97 Å². The van der Waals surface area contributed by atoms with Crippen LogP contribution in [0.15, 0.2) is 24.3 Å². The molecule has 0 radical (unpaired) electrons. The summed E-state index contributed by atoms with van der Waals surface area (Å²) >= 11 is 0. The second-order valence-corrected chi connectivity index (χ2v) is 10.7. The van der Waals surface area contributed by atoms with Gasteiger partial charge in [-0.05, 0) is 51.3 Å². The highest BCUT2D eigenvalue weighted by Gasteiger charge is 2.15. The van der Waals surface area contributed by atoms with Crippen molar-refractivity contribution in [2.75, 3.05) is 85.9 Å². The molecule has 0 saturated carbocycles. The van der Waals surface area contributed by atoms with Crippen LogP contribution in [0.3, 0.4) is 0 Å². The van der Waals surface area contributed by atoms with Gasteiger partial charge < -0.3 is 37.9 Å². The van der Waals surface area contributed by atoms with E-state index in [2.05, 4.69) is 19.1 Å². The standard InChI is InChI=1S/C32H56O9/c1-5-6-7-8-9-10-11-29-12-14-30(15-13-29)40-27-26-38-23-22-36-19-18-34-16-17-35-20-21-37-24-25-39-28-31(33)41-32(2,3)4/h12-15H,5-11,16-28H2,1-4H3. The minimum Gasteiger partial charge on any atom is -0.491 e. The van der Waals surface area contributed by atoms with Crippen molar-refractivity contribution in [2.45, 2.75) is 78.2 Å². The van der Waals surface area contributed by atoms with Gasteiger partial charge in [0.05, 0.1) is 72.7 Å². The summed E-state index contributed by atoms with van der Waals surface area (Å²) in [5, 5.41) is 0. The number of hydrogen-bond acceptors (Lipinski definition) is 9. The molecule has 0 unspecified atom stereocenters. The summed E-state index contributed by atoms with van der Waals surface area (Å²) in [7, 11) is 0. The summed E-state index contributed by atoms with van der Waals surface area (Å²) in [5.41, 5.74) is 0.872. The zero-order valence-corrected chi connectivity index (χ0v) is 26.1. The quantitative estimate of drug-likeness (QED) is 0.0947. The maximum atomic E-state index is 11.5. The highest BCUT2D eigenvalue weighted by Crippen LogP contribution is 2.15. The van der Waals surface area contributed by atoms with Crippen LogP contribution in [0.1, 0.15) is 71.8 Å². The molecule has 0 amide bonds. The lowest BCUT2D eigenvalue weighted by atomic mass is 10.0. The predicted molar refractivity (Wildman–Crippen MR) is 160 cm³/mol. The first kappa shape index (κ1) is 37.3. The summed E-state index contributed by atoms with van der Waals surface area (Å²) in [6.07, 6.45) is 9.08. The minimum atomic E-state index is -0.503. The zero-order chi connectivity index (χ0) is 29.9. The Morgan fingerprint density at radius 2 is 1.02 bits per heavy atom. The Kier molecular flexibility index (Phi) is 23.6. The van der Waals surface area contributed by atoms with Gasteiger partial charge in [0, 0.05) is 0 Å². The average molecular weight is 585 g/mol. The van der Waals surface area contributed by atoms with Gasteiger partial charge in [-0.15, -0.1) is 0 Å². The fourth-order valence-corrected chi connectivity index (χ4v) is 3.71. The second kappa shape index (κ2) is 25.9. The van der Waals surface area contributed by atoms with Crippen molar-refractivity contribution in [3.63, 3.8) is 0 Å². The topological polar surface area (TPSA) is 90.9 Å². The Balaban J connectivity index is 1.78. The van der Waals surface area contributed by atoms with Crippen LogP contribution < -0.4 is 4.74 Å². The number of unbranched alkanes of at least 4 members (excludes halogenated alkanes) is 5. The van der Waals surface area contributed by atoms with Gasteiger partial charge in [-0.1, -0.05) is 51.2 Å². The Bertz CT molecular complexity index is 719. The van der Waals surface area contributed by atoms with E-state index in [9.17, 15) is 4.79 Å². The highest BCUT2D eigenvalue weighted by atomic mass is 16.6. The highest BCUT2D eigenvalue weighted by molar-refractivity contribution is 5.71. The van der Waals surface area contributed by atoms with E-state index in [0.29, 0.717) is 79.3 Å². The van der Waals surface area contributed by atoms with E-state index in [-0.39, 0.29) is 12.6 Å². The number of rotatable bonds is 28. The molecule has 0 fully saturated rings. The van der Waals surface area contributed by atoms with Gasteiger partial charge in [0.25, 0.3) is 0 Å². The molecule has 9 nitrogen and oxygen atoms in total. The average Bonchev–Trinajstić information content (AvgIpc) is 2.93. The fraction of sp³-hybridized carbons (Fsp3) is 0.781. The van der Waals surface area contributed by atoms with E-state index in [1.54, 1.807) is 0 Å². The van der Waals surface area contributed by atoms with Crippen molar-refractivity contribution in [3.05, 3.63) is 29.8 Å². The van der Waals surface area contributed by atoms with E-state index in [1.807, 2.05) is 32.9 Å². The Morgan fingerprint density at radius 1 is 0.585 bits per heavy atom. The van der Waals surface area contributed by atoms with Gasteiger partial charge in [0.2, 0.25) is 0 Å². The van der Waals surface area contributed by atoms with Crippen LogP contribution in [0.25, 0.3) is 0 Å². The lowest BCUT2D eigenvalue weighted by molar-refractivity contribution is -0.160. The summed E-state index contributed by atoms with van der Waals surface area (Å²) in [4.78, 5) is 11.5. The van der Waals surface area contributed by atoms with Crippen LogP contribution in [-0.2, 0) is 44.4 Å². The largest absolute Gasteiger partial charge is 0.491 e. The summed E-state index contributed by atoms with van der Waals surface area (Å²) in [6.45, 7) is 13.4. The lowest BCUT2D eigenvalue weighted by Gasteiger charge is -2.19. The summed E-state index contributed by atoms with van der Waals surface area (Å²) < 4.78 is 43.5. The number of carbonyl (C=O) groups is 1. The lowest BCUT2D eigenvalue weighted by Crippen LogP contribution is -2.27. The van der Waals surface area contributed by atoms with Crippen molar-refractivity contribution < 1.29 is 42.7 Å². The summed E-state index contributed by atoms with van der Waals surface area (Å²) in [5.74, 6) is 0.503. The molecule has 0 bridgehead atoms. The molecule has 0 atom stereocenters. The van der Waals surface area contributed by atoms with Crippen molar-refractivity contribution in [1.29, 1.82) is 0 Å². The number of benzene rings is 1. The number of hydrogen-bond donors (Lipinski definition) is 0. The van der Waals surface area contributed by atoms with Crippen LogP contribution in [0.5, 0.6) is 5.75 Å². The molecular weight excluding hydrogens is 528 g/mol. The zero-order valence-electron chi connectivity index (χ0n) is 26.1. The van der Waals surface area contributed by atoms with E-state index < -0.39 is 5.60 Å². The maximum Gasteiger partial charge on any atom is 0.332 e. The third-order valence-electron chi connectivity index (χ3n) is 5.74. The molecule has 1 aromatic carbocycles. The molecule has 0 heterocycles. The summed E-state index contributed by atoms with van der Waals surface area (Å²) in [6, 6.07) is 8.41.